The van der Waals surface area contributed by atoms with Crippen molar-refractivity contribution in [1.82, 2.24) is 4.98 Å². The van der Waals surface area contributed by atoms with Gasteiger partial charge in [-0.3, -0.25) is 0 Å². The fraction of sp³-hybridized carbons (Fsp3) is 0.167. The molecule has 1 aromatic rings. The Labute approximate surface area is 86.6 Å². The molecule has 0 spiro atoms. The highest BCUT2D eigenvalue weighted by atomic mass is 127. The quantitative estimate of drug-likeness (QED) is 0.803. The van der Waals surface area contributed by atoms with Crippen LogP contribution in [0.25, 0.3) is 0 Å². The number of rotatable bonds is 1. The number of methoxy groups -OCH3 is 1. The molecule has 1 aromatic heterocycles. The number of aromatic nitrogens is 1. The van der Waals surface area contributed by atoms with Crippen molar-refractivity contribution in [1.29, 1.82) is 0 Å². The van der Waals surface area contributed by atoms with E-state index in [2.05, 4.69) is 43.5 Å². The van der Waals surface area contributed by atoms with Gasteiger partial charge >= 0.3 is 0 Å². The Morgan fingerprint density at radius 3 is 2.91 bits per heavy atom. The molecule has 0 atom stereocenters. The zero-order valence-corrected chi connectivity index (χ0v) is 9.51. The van der Waals surface area contributed by atoms with Crippen LogP contribution >= 0.6 is 38.5 Å². The molecule has 5 heteroatoms. The van der Waals surface area contributed by atoms with Gasteiger partial charge in [-0.2, -0.15) is 0 Å². The van der Waals surface area contributed by atoms with E-state index in [-0.39, 0.29) is 0 Å². The lowest BCUT2D eigenvalue weighted by molar-refractivity contribution is 0.395. The molecule has 1 heterocycles. The molecule has 0 saturated carbocycles. The van der Waals surface area contributed by atoms with Crippen molar-refractivity contribution >= 4 is 44.2 Å². The molecule has 0 saturated heterocycles. The average molecular weight is 329 g/mol. The number of hydrogen-bond acceptors (Lipinski definition) is 3. The zero-order valence-electron chi connectivity index (χ0n) is 5.77. The second kappa shape index (κ2) is 3.57. The molecule has 0 aliphatic heterocycles. The van der Waals surface area contributed by atoms with Gasteiger partial charge in [0.1, 0.15) is 4.47 Å². The molecule has 0 unspecified atom stereocenters. The Morgan fingerprint density at radius 2 is 2.36 bits per heavy atom. The second-order valence-electron chi connectivity index (χ2n) is 1.84. The average Bonchev–Trinajstić information content (AvgIpc) is 2.01. The van der Waals surface area contributed by atoms with Gasteiger partial charge in [0.15, 0.2) is 0 Å². The monoisotopic (exact) mass is 328 g/mol. The van der Waals surface area contributed by atoms with Crippen molar-refractivity contribution in [3.05, 3.63) is 14.2 Å². The van der Waals surface area contributed by atoms with E-state index in [1.165, 1.54) is 0 Å². The maximum atomic E-state index is 5.68. The smallest absolute Gasteiger partial charge is 0.229 e. The number of halogens is 2. The van der Waals surface area contributed by atoms with Gasteiger partial charge in [-0.1, -0.05) is 0 Å². The molecule has 11 heavy (non-hydrogen) atoms. The molecule has 0 bridgehead atoms. The van der Waals surface area contributed by atoms with E-state index in [1.807, 2.05) is 0 Å². The highest BCUT2D eigenvalue weighted by Crippen LogP contribution is 2.31. The van der Waals surface area contributed by atoms with Crippen LogP contribution in [0.15, 0.2) is 10.7 Å². The minimum absolute atomic E-state index is 0.517. The molecule has 0 radical (unpaired) electrons. The topological polar surface area (TPSA) is 48.1 Å². The standard InChI is InChI=1S/C6H6BrIN2O/c1-11-6-4(7)5(9)3(8)2-10-6/h2H,1H3,(H2,9,10). The summed E-state index contributed by atoms with van der Waals surface area (Å²) in [5.74, 6) is 0.517. The number of pyridine rings is 1. The van der Waals surface area contributed by atoms with E-state index in [9.17, 15) is 0 Å². The number of nitrogens with zero attached hydrogens (tertiary/aromatic N) is 1. The van der Waals surface area contributed by atoms with Crippen molar-refractivity contribution in [2.24, 2.45) is 0 Å². The summed E-state index contributed by atoms with van der Waals surface area (Å²) >= 11 is 5.38. The molecular formula is C6H6BrIN2O. The van der Waals surface area contributed by atoms with Crippen LogP contribution in [0, 0.1) is 3.57 Å². The minimum Gasteiger partial charge on any atom is -0.480 e. The third-order valence-corrected chi connectivity index (χ3v) is 2.80. The van der Waals surface area contributed by atoms with Crippen LogP contribution in [0.2, 0.25) is 0 Å². The predicted molar refractivity (Wildman–Crippen MR) is 55.6 cm³/mol. The van der Waals surface area contributed by atoms with Gasteiger partial charge in [0, 0.05) is 6.20 Å². The van der Waals surface area contributed by atoms with E-state index in [4.69, 9.17) is 10.5 Å². The lowest BCUT2D eigenvalue weighted by Crippen LogP contribution is -1.96. The fourth-order valence-corrected chi connectivity index (χ4v) is 1.86. The Kier molecular flexibility index (Phi) is 2.94. The fourth-order valence-electron chi connectivity index (χ4n) is 0.604. The molecule has 0 aromatic carbocycles. The van der Waals surface area contributed by atoms with Crippen molar-refractivity contribution in [2.45, 2.75) is 0 Å². The van der Waals surface area contributed by atoms with E-state index >= 15 is 0 Å². The van der Waals surface area contributed by atoms with E-state index < -0.39 is 0 Å². The lowest BCUT2D eigenvalue weighted by atomic mass is 10.4. The first kappa shape index (κ1) is 9.05. The highest BCUT2D eigenvalue weighted by molar-refractivity contribution is 14.1. The molecule has 0 aliphatic rings. The normalized spacial score (nSPS) is 9.73. The van der Waals surface area contributed by atoms with E-state index in [0.29, 0.717) is 16.0 Å². The van der Waals surface area contributed by atoms with Crippen molar-refractivity contribution in [3.63, 3.8) is 0 Å². The van der Waals surface area contributed by atoms with Crippen LogP contribution < -0.4 is 10.5 Å². The van der Waals surface area contributed by atoms with Crippen molar-refractivity contribution < 1.29 is 4.74 Å². The van der Waals surface area contributed by atoms with Gasteiger partial charge in [-0.05, 0) is 38.5 Å². The van der Waals surface area contributed by atoms with Crippen molar-refractivity contribution in [2.75, 3.05) is 12.8 Å². The third kappa shape index (κ3) is 1.76. The summed E-state index contributed by atoms with van der Waals surface area (Å²) in [6.45, 7) is 0. The molecule has 1 rings (SSSR count). The Morgan fingerprint density at radius 1 is 1.73 bits per heavy atom. The third-order valence-electron chi connectivity index (χ3n) is 1.17. The van der Waals surface area contributed by atoms with Gasteiger partial charge in [0.05, 0.1) is 16.4 Å². The lowest BCUT2D eigenvalue weighted by Gasteiger charge is -2.04. The molecule has 3 nitrogen and oxygen atoms in total. The summed E-state index contributed by atoms with van der Waals surface area (Å²) in [4.78, 5) is 4.00. The van der Waals surface area contributed by atoms with Gasteiger partial charge in [-0.25, -0.2) is 4.98 Å². The Bertz CT molecular complexity index is 280. The first-order valence-corrected chi connectivity index (χ1v) is 4.67. The number of nitrogen functional groups attached to an aromatic ring is 1. The summed E-state index contributed by atoms with van der Waals surface area (Å²) in [5.41, 5.74) is 6.35. The van der Waals surface area contributed by atoms with Crippen LogP contribution in [0.5, 0.6) is 5.88 Å². The zero-order chi connectivity index (χ0) is 8.43. The van der Waals surface area contributed by atoms with Crippen LogP contribution in [0.4, 0.5) is 5.69 Å². The maximum Gasteiger partial charge on any atom is 0.229 e. The number of nitrogens with two attached hydrogens (primary N) is 1. The largest absolute Gasteiger partial charge is 0.480 e. The molecule has 0 aliphatic carbocycles. The molecule has 0 amide bonds. The van der Waals surface area contributed by atoms with E-state index in [0.717, 1.165) is 3.57 Å². The van der Waals surface area contributed by atoms with Gasteiger partial charge in [0.25, 0.3) is 0 Å². The van der Waals surface area contributed by atoms with Gasteiger partial charge < -0.3 is 10.5 Å². The number of ether oxygens (including phenoxy) is 1. The molecular weight excluding hydrogens is 323 g/mol. The second-order valence-corrected chi connectivity index (χ2v) is 3.80. The van der Waals surface area contributed by atoms with Crippen LogP contribution in [-0.4, -0.2) is 12.1 Å². The summed E-state index contributed by atoms with van der Waals surface area (Å²) < 4.78 is 6.57. The molecule has 60 valence electrons. The first-order valence-electron chi connectivity index (χ1n) is 2.80. The Hall–Kier alpha value is -0.0400. The maximum absolute atomic E-state index is 5.68. The van der Waals surface area contributed by atoms with Gasteiger partial charge in [-0.15, -0.1) is 0 Å². The number of anilines is 1. The van der Waals surface area contributed by atoms with Crippen LogP contribution in [-0.2, 0) is 0 Å². The Balaban J connectivity index is 3.25. The SMILES string of the molecule is COc1ncc(I)c(N)c1Br. The summed E-state index contributed by atoms with van der Waals surface area (Å²) in [7, 11) is 1.55. The first-order chi connectivity index (χ1) is 5.16. The molecule has 0 fully saturated rings. The van der Waals surface area contributed by atoms with Crippen LogP contribution in [0.3, 0.4) is 0 Å². The summed E-state index contributed by atoms with van der Waals surface area (Å²) in [5, 5.41) is 0. The predicted octanol–water partition coefficient (Wildman–Crippen LogP) is 2.04. The van der Waals surface area contributed by atoms with Crippen molar-refractivity contribution in [3.8, 4) is 5.88 Å². The summed E-state index contributed by atoms with van der Waals surface area (Å²) in [6.07, 6.45) is 1.67. The summed E-state index contributed by atoms with van der Waals surface area (Å²) in [6, 6.07) is 0. The minimum atomic E-state index is 0.517. The van der Waals surface area contributed by atoms with E-state index in [1.54, 1.807) is 13.3 Å². The number of hydrogen-bond donors (Lipinski definition) is 1. The van der Waals surface area contributed by atoms with Crippen LogP contribution in [0.1, 0.15) is 0 Å². The molecule has 2 N–H and O–H groups in total. The highest BCUT2D eigenvalue weighted by Gasteiger charge is 2.07. The van der Waals surface area contributed by atoms with Gasteiger partial charge in [0.2, 0.25) is 5.88 Å².